The van der Waals surface area contributed by atoms with E-state index in [1.54, 1.807) is 31.2 Å². The van der Waals surface area contributed by atoms with Crippen molar-refractivity contribution in [3.8, 4) is 6.07 Å². The lowest BCUT2D eigenvalue weighted by Crippen LogP contribution is -2.23. The zero-order chi connectivity index (χ0) is 13.1. The third kappa shape index (κ3) is 1.93. The van der Waals surface area contributed by atoms with Crippen molar-refractivity contribution in [3.05, 3.63) is 35.4 Å². The molecule has 0 bridgehead atoms. The zero-order valence-corrected chi connectivity index (χ0v) is 9.75. The summed E-state index contributed by atoms with van der Waals surface area (Å²) in [4.78, 5) is 23.2. The van der Waals surface area contributed by atoms with Gasteiger partial charge in [0.2, 0.25) is 0 Å². The van der Waals surface area contributed by atoms with Crippen LogP contribution in [0.5, 0.6) is 0 Å². The van der Waals surface area contributed by atoms with Crippen molar-refractivity contribution in [1.82, 2.24) is 0 Å². The van der Waals surface area contributed by atoms with E-state index in [2.05, 4.69) is 0 Å². The van der Waals surface area contributed by atoms with Crippen LogP contribution in [0.2, 0.25) is 0 Å². The van der Waals surface area contributed by atoms with Crippen LogP contribution in [-0.4, -0.2) is 18.5 Å². The van der Waals surface area contributed by atoms with Crippen LogP contribution in [0.3, 0.4) is 0 Å². The molecule has 0 aliphatic carbocycles. The van der Waals surface area contributed by atoms with Gasteiger partial charge in [0, 0.05) is 5.56 Å². The number of ether oxygens (including phenoxy) is 2. The van der Waals surface area contributed by atoms with Crippen molar-refractivity contribution in [1.29, 1.82) is 5.26 Å². The van der Waals surface area contributed by atoms with Gasteiger partial charge in [-0.3, -0.25) is 4.79 Å². The fourth-order valence-corrected chi connectivity index (χ4v) is 1.90. The zero-order valence-electron chi connectivity index (χ0n) is 9.75. The molecular formula is C13H11NO4. The van der Waals surface area contributed by atoms with Gasteiger partial charge in [-0.15, -0.1) is 0 Å². The minimum absolute atomic E-state index is 0.180. The molecule has 5 heteroatoms. The smallest absolute Gasteiger partial charge is 0.339 e. The number of esters is 2. The molecule has 1 aromatic carbocycles. The van der Waals surface area contributed by atoms with E-state index >= 15 is 0 Å². The van der Waals surface area contributed by atoms with Crippen molar-refractivity contribution < 1.29 is 19.1 Å². The molecule has 92 valence electrons. The number of carbonyl (C=O) groups is 2. The van der Waals surface area contributed by atoms with Gasteiger partial charge in [0.15, 0.2) is 12.0 Å². The van der Waals surface area contributed by atoms with E-state index in [4.69, 9.17) is 14.7 Å². The summed E-state index contributed by atoms with van der Waals surface area (Å²) >= 11 is 0. The first-order valence-corrected chi connectivity index (χ1v) is 5.55. The molecular weight excluding hydrogens is 234 g/mol. The van der Waals surface area contributed by atoms with Crippen LogP contribution in [-0.2, 0) is 14.3 Å². The maximum Gasteiger partial charge on any atom is 0.339 e. The van der Waals surface area contributed by atoms with Gasteiger partial charge in [0.05, 0.1) is 18.2 Å². The summed E-state index contributed by atoms with van der Waals surface area (Å²) in [6.07, 6.45) is -0.877. The second-order valence-corrected chi connectivity index (χ2v) is 3.77. The van der Waals surface area contributed by atoms with Crippen LogP contribution < -0.4 is 0 Å². The summed E-state index contributed by atoms with van der Waals surface area (Å²) < 4.78 is 9.89. The van der Waals surface area contributed by atoms with Gasteiger partial charge in [-0.05, 0) is 13.0 Å². The summed E-state index contributed by atoms with van der Waals surface area (Å²) in [6.45, 7) is 1.83. The second-order valence-electron chi connectivity index (χ2n) is 3.77. The van der Waals surface area contributed by atoms with Gasteiger partial charge in [0.25, 0.3) is 0 Å². The predicted molar refractivity (Wildman–Crippen MR) is 60.3 cm³/mol. The molecule has 1 heterocycles. The first-order valence-electron chi connectivity index (χ1n) is 5.55. The molecule has 1 aliphatic rings. The highest BCUT2D eigenvalue weighted by molar-refractivity contribution is 5.95. The number of carbonyl (C=O) groups excluding carboxylic acids is 2. The maximum atomic E-state index is 11.6. The molecule has 0 radical (unpaired) electrons. The number of cyclic esters (lactones) is 1. The second kappa shape index (κ2) is 4.88. The van der Waals surface area contributed by atoms with E-state index in [-0.39, 0.29) is 6.61 Å². The summed E-state index contributed by atoms with van der Waals surface area (Å²) in [7, 11) is 0. The van der Waals surface area contributed by atoms with E-state index < -0.39 is 24.0 Å². The van der Waals surface area contributed by atoms with Gasteiger partial charge in [-0.1, -0.05) is 18.2 Å². The third-order valence-electron chi connectivity index (χ3n) is 2.70. The van der Waals surface area contributed by atoms with Crippen molar-refractivity contribution in [2.45, 2.75) is 13.0 Å². The largest absolute Gasteiger partial charge is 0.465 e. The van der Waals surface area contributed by atoms with E-state index in [0.717, 1.165) is 0 Å². The maximum absolute atomic E-state index is 11.6. The number of hydrogen-bond donors (Lipinski definition) is 0. The highest BCUT2D eigenvalue weighted by Gasteiger charge is 2.40. The van der Waals surface area contributed by atoms with Crippen molar-refractivity contribution >= 4 is 11.9 Å². The molecule has 0 spiro atoms. The third-order valence-corrected chi connectivity index (χ3v) is 2.70. The molecule has 0 aromatic heterocycles. The SMILES string of the molecule is CCOC(=O)C(C#N)C1OC(=O)c2ccccc21. The monoisotopic (exact) mass is 245 g/mol. The van der Waals surface area contributed by atoms with Gasteiger partial charge in [-0.25, -0.2) is 4.79 Å². The number of rotatable bonds is 3. The molecule has 2 unspecified atom stereocenters. The number of nitrogens with zero attached hydrogens (tertiary/aromatic N) is 1. The molecule has 0 N–H and O–H groups in total. The van der Waals surface area contributed by atoms with Crippen LogP contribution in [0.25, 0.3) is 0 Å². The van der Waals surface area contributed by atoms with Crippen LogP contribution in [0.15, 0.2) is 24.3 Å². The van der Waals surface area contributed by atoms with E-state index in [1.807, 2.05) is 6.07 Å². The Kier molecular flexibility index (Phi) is 3.28. The molecule has 0 amide bonds. The van der Waals surface area contributed by atoms with Gasteiger partial charge in [-0.2, -0.15) is 5.26 Å². The van der Waals surface area contributed by atoms with Gasteiger partial charge < -0.3 is 9.47 Å². The molecule has 1 aromatic rings. The Labute approximate surface area is 104 Å². The fourth-order valence-electron chi connectivity index (χ4n) is 1.90. The summed E-state index contributed by atoms with van der Waals surface area (Å²) in [6, 6.07) is 8.55. The summed E-state index contributed by atoms with van der Waals surface area (Å²) in [5.74, 6) is -2.31. The van der Waals surface area contributed by atoms with Crippen LogP contribution in [0, 0.1) is 17.2 Å². The Bertz CT molecular complexity index is 532. The lowest BCUT2D eigenvalue weighted by atomic mass is 9.95. The van der Waals surface area contributed by atoms with Crippen LogP contribution in [0.1, 0.15) is 28.9 Å². The van der Waals surface area contributed by atoms with E-state index in [1.165, 1.54) is 0 Å². The standard InChI is InChI=1S/C13H11NO4/c1-2-17-12(15)10(7-14)11-8-5-3-4-6-9(8)13(16)18-11/h3-6,10-11H,2H2,1H3. The Morgan fingerprint density at radius 1 is 1.56 bits per heavy atom. The van der Waals surface area contributed by atoms with Crippen LogP contribution >= 0.6 is 0 Å². The average Bonchev–Trinajstić information content (AvgIpc) is 2.69. The molecule has 18 heavy (non-hydrogen) atoms. The summed E-state index contributed by atoms with van der Waals surface area (Å²) in [5.41, 5.74) is 0.953. The van der Waals surface area contributed by atoms with E-state index in [9.17, 15) is 9.59 Å². The average molecular weight is 245 g/mol. The molecule has 5 nitrogen and oxygen atoms in total. The molecule has 2 atom stereocenters. The number of fused-ring (bicyclic) bond motifs is 1. The molecule has 1 aliphatic heterocycles. The topological polar surface area (TPSA) is 76.4 Å². The highest BCUT2D eigenvalue weighted by atomic mass is 16.6. The van der Waals surface area contributed by atoms with Crippen molar-refractivity contribution in [2.24, 2.45) is 5.92 Å². The van der Waals surface area contributed by atoms with Crippen molar-refractivity contribution in [2.75, 3.05) is 6.61 Å². The number of benzene rings is 1. The van der Waals surface area contributed by atoms with E-state index in [0.29, 0.717) is 11.1 Å². The quantitative estimate of drug-likeness (QED) is 0.756. The fraction of sp³-hybridized carbons (Fsp3) is 0.308. The lowest BCUT2D eigenvalue weighted by molar-refractivity contribution is -0.149. The molecule has 0 saturated heterocycles. The van der Waals surface area contributed by atoms with Gasteiger partial charge in [0.1, 0.15) is 0 Å². The molecule has 0 saturated carbocycles. The van der Waals surface area contributed by atoms with Gasteiger partial charge >= 0.3 is 11.9 Å². The summed E-state index contributed by atoms with van der Waals surface area (Å²) in [5, 5.41) is 9.05. The molecule has 0 fully saturated rings. The first kappa shape index (κ1) is 12.1. The Hall–Kier alpha value is -2.35. The predicted octanol–water partition coefficient (Wildman–Crippen LogP) is 1.60. The number of nitriles is 1. The molecule has 2 rings (SSSR count). The Morgan fingerprint density at radius 2 is 2.28 bits per heavy atom. The first-order chi connectivity index (χ1) is 8.69. The minimum atomic E-state index is -1.13. The minimum Gasteiger partial charge on any atom is -0.465 e. The number of hydrogen-bond acceptors (Lipinski definition) is 5. The normalized spacial score (nSPS) is 18.4. The Balaban J connectivity index is 2.33. The Morgan fingerprint density at radius 3 is 2.94 bits per heavy atom. The highest BCUT2D eigenvalue weighted by Crippen LogP contribution is 2.36. The lowest BCUT2D eigenvalue weighted by Gasteiger charge is -2.15. The van der Waals surface area contributed by atoms with Crippen molar-refractivity contribution in [3.63, 3.8) is 0 Å². The van der Waals surface area contributed by atoms with Crippen LogP contribution in [0.4, 0.5) is 0 Å².